The lowest BCUT2D eigenvalue weighted by Gasteiger charge is -2.20. The van der Waals surface area contributed by atoms with Crippen molar-refractivity contribution < 1.29 is 9.13 Å². The molecule has 0 amide bonds. The van der Waals surface area contributed by atoms with Crippen molar-refractivity contribution in [1.29, 1.82) is 0 Å². The minimum atomic E-state index is -1.21. The van der Waals surface area contributed by atoms with Crippen LogP contribution in [0.1, 0.15) is 11.1 Å². The van der Waals surface area contributed by atoms with E-state index >= 15 is 0 Å². The van der Waals surface area contributed by atoms with Gasteiger partial charge in [0.05, 0.1) is 7.11 Å². The van der Waals surface area contributed by atoms with Gasteiger partial charge in [-0.2, -0.15) is 0 Å². The standard InChI is InChI=1S/C14H11Cl2FO/c1-18-13-8-4-11(5-9-13)14(15,16)10-2-6-12(17)7-3-10/h2-9H,1H3. The number of methoxy groups -OCH3 is 1. The van der Waals surface area contributed by atoms with E-state index in [4.69, 9.17) is 27.9 Å². The molecule has 0 atom stereocenters. The van der Waals surface area contributed by atoms with E-state index in [2.05, 4.69) is 0 Å². The van der Waals surface area contributed by atoms with Crippen LogP contribution in [0.25, 0.3) is 0 Å². The minimum Gasteiger partial charge on any atom is -0.497 e. The largest absolute Gasteiger partial charge is 0.497 e. The van der Waals surface area contributed by atoms with E-state index in [-0.39, 0.29) is 5.82 Å². The molecule has 0 saturated carbocycles. The summed E-state index contributed by atoms with van der Waals surface area (Å²) >= 11 is 12.7. The number of alkyl halides is 2. The van der Waals surface area contributed by atoms with E-state index in [1.54, 1.807) is 43.5 Å². The Kier molecular flexibility index (Phi) is 3.79. The molecule has 1 nitrogen and oxygen atoms in total. The van der Waals surface area contributed by atoms with Crippen molar-refractivity contribution in [1.82, 2.24) is 0 Å². The van der Waals surface area contributed by atoms with E-state index in [0.717, 1.165) is 5.75 Å². The lowest BCUT2D eigenvalue weighted by atomic mass is 10.0. The Hall–Kier alpha value is -1.25. The van der Waals surface area contributed by atoms with Crippen molar-refractivity contribution in [2.24, 2.45) is 0 Å². The minimum absolute atomic E-state index is 0.322. The van der Waals surface area contributed by atoms with Gasteiger partial charge >= 0.3 is 0 Å². The van der Waals surface area contributed by atoms with Crippen LogP contribution in [0.15, 0.2) is 48.5 Å². The summed E-state index contributed by atoms with van der Waals surface area (Å²) in [7, 11) is 1.59. The Balaban J connectivity index is 2.37. The summed E-state index contributed by atoms with van der Waals surface area (Å²) in [5.41, 5.74) is 1.33. The molecule has 0 bridgehead atoms. The summed E-state index contributed by atoms with van der Waals surface area (Å²) in [5.74, 6) is 0.402. The molecule has 94 valence electrons. The zero-order valence-electron chi connectivity index (χ0n) is 9.66. The topological polar surface area (TPSA) is 9.23 Å². The Labute approximate surface area is 115 Å². The maximum absolute atomic E-state index is 12.9. The van der Waals surface area contributed by atoms with E-state index in [1.807, 2.05) is 0 Å². The average molecular weight is 285 g/mol. The van der Waals surface area contributed by atoms with Gasteiger partial charge in [0.25, 0.3) is 0 Å². The molecule has 18 heavy (non-hydrogen) atoms. The van der Waals surface area contributed by atoms with Crippen molar-refractivity contribution in [3.8, 4) is 5.75 Å². The first kappa shape index (κ1) is 13.2. The van der Waals surface area contributed by atoms with E-state index in [9.17, 15) is 4.39 Å². The highest BCUT2D eigenvalue weighted by Crippen LogP contribution is 2.41. The summed E-state index contributed by atoms with van der Waals surface area (Å²) in [6.07, 6.45) is 0. The predicted octanol–water partition coefficient (Wildman–Crippen LogP) is 4.51. The second-order valence-corrected chi connectivity index (χ2v) is 5.14. The molecule has 0 N–H and O–H groups in total. The van der Waals surface area contributed by atoms with E-state index in [1.165, 1.54) is 12.1 Å². The van der Waals surface area contributed by atoms with Crippen molar-refractivity contribution in [3.63, 3.8) is 0 Å². The third kappa shape index (κ3) is 2.60. The van der Waals surface area contributed by atoms with Crippen LogP contribution in [0, 0.1) is 5.82 Å². The molecule has 0 unspecified atom stereocenters. The smallest absolute Gasteiger partial charge is 0.168 e. The summed E-state index contributed by atoms with van der Waals surface area (Å²) in [6, 6.07) is 12.9. The van der Waals surface area contributed by atoms with Gasteiger partial charge in [0.2, 0.25) is 0 Å². The molecule has 0 aliphatic rings. The molecule has 2 aromatic carbocycles. The third-order valence-electron chi connectivity index (χ3n) is 2.66. The molecule has 0 spiro atoms. The van der Waals surface area contributed by atoms with Crippen LogP contribution in [-0.2, 0) is 4.33 Å². The zero-order chi connectivity index (χ0) is 13.2. The second kappa shape index (κ2) is 5.17. The molecular weight excluding hydrogens is 274 g/mol. The molecule has 2 rings (SSSR count). The van der Waals surface area contributed by atoms with Crippen LogP contribution in [-0.4, -0.2) is 7.11 Å². The first-order valence-corrected chi connectivity index (χ1v) is 6.08. The van der Waals surface area contributed by atoms with Crippen LogP contribution in [0.2, 0.25) is 0 Å². The molecule has 0 saturated heterocycles. The third-order valence-corrected chi connectivity index (χ3v) is 3.53. The predicted molar refractivity (Wildman–Crippen MR) is 71.9 cm³/mol. The van der Waals surface area contributed by atoms with Crippen molar-refractivity contribution in [3.05, 3.63) is 65.5 Å². The maximum atomic E-state index is 12.9. The number of benzene rings is 2. The highest BCUT2D eigenvalue weighted by atomic mass is 35.5. The van der Waals surface area contributed by atoms with Gasteiger partial charge in [0.15, 0.2) is 4.33 Å². The zero-order valence-corrected chi connectivity index (χ0v) is 11.2. The Morgan fingerprint density at radius 1 is 0.889 bits per heavy atom. The van der Waals surface area contributed by atoms with Gasteiger partial charge in [0, 0.05) is 0 Å². The van der Waals surface area contributed by atoms with Gasteiger partial charge in [-0.3, -0.25) is 0 Å². The summed E-state index contributed by atoms with van der Waals surface area (Å²) in [5, 5.41) is 0. The van der Waals surface area contributed by atoms with Crippen molar-refractivity contribution >= 4 is 23.2 Å². The van der Waals surface area contributed by atoms with Gasteiger partial charge in [-0.15, -0.1) is 0 Å². The van der Waals surface area contributed by atoms with Gasteiger partial charge in [-0.25, -0.2) is 4.39 Å². The van der Waals surface area contributed by atoms with Gasteiger partial charge in [0.1, 0.15) is 11.6 Å². The van der Waals surface area contributed by atoms with Crippen LogP contribution >= 0.6 is 23.2 Å². The van der Waals surface area contributed by atoms with E-state index in [0.29, 0.717) is 11.1 Å². The number of hydrogen-bond donors (Lipinski definition) is 0. The fourth-order valence-electron chi connectivity index (χ4n) is 1.63. The van der Waals surface area contributed by atoms with Crippen molar-refractivity contribution in [2.75, 3.05) is 7.11 Å². The summed E-state index contributed by atoms with van der Waals surface area (Å²) in [4.78, 5) is 0. The number of halogens is 3. The molecule has 0 aliphatic heterocycles. The van der Waals surface area contributed by atoms with Gasteiger partial charge < -0.3 is 4.74 Å². The fraction of sp³-hybridized carbons (Fsp3) is 0.143. The molecule has 4 heteroatoms. The van der Waals surface area contributed by atoms with Crippen LogP contribution in [0.5, 0.6) is 5.75 Å². The first-order chi connectivity index (χ1) is 8.54. The lowest BCUT2D eigenvalue weighted by molar-refractivity contribution is 0.414. The summed E-state index contributed by atoms with van der Waals surface area (Å²) < 4.78 is 16.7. The van der Waals surface area contributed by atoms with Crippen LogP contribution in [0.4, 0.5) is 4.39 Å². The Bertz CT molecular complexity index is 520. The first-order valence-electron chi connectivity index (χ1n) is 5.32. The molecular formula is C14H11Cl2FO. The number of rotatable bonds is 3. The number of ether oxygens (including phenoxy) is 1. The highest BCUT2D eigenvalue weighted by molar-refractivity contribution is 6.50. The molecule has 0 aliphatic carbocycles. The fourth-order valence-corrected chi connectivity index (χ4v) is 2.13. The van der Waals surface area contributed by atoms with Crippen LogP contribution < -0.4 is 4.74 Å². The molecule has 2 aromatic rings. The SMILES string of the molecule is COc1ccc(C(Cl)(Cl)c2ccc(F)cc2)cc1. The summed E-state index contributed by atoms with van der Waals surface area (Å²) in [6.45, 7) is 0. The van der Waals surface area contributed by atoms with Gasteiger partial charge in [-0.1, -0.05) is 47.5 Å². The average Bonchev–Trinajstić information content (AvgIpc) is 2.39. The second-order valence-electron chi connectivity index (χ2n) is 3.81. The lowest BCUT2D eigenvalue weighted by Crippen LogP contribution is -2.12. The maximum Gasteiger partial charge on any atom is 0.168 e. The van der Waals surface area contributed by atoms with E-state index < -0.39 is 4.33 Å². The normalized spacial score (nSPS) is 11.3. The Morgan fingerprint density at radius 2 is 1.33 bits per heavy atom. The number of hydrogen-bond acceptors (Lipinski definition) is 1. The quantitative estimate of drug-likeness (QED) is 0.754. The molecule has 0 radical (unpaired) electrons. The Morgan fingerprint density at radius 3 is 1.78 bits per heavy atom. The monoisotopic (exact) mass is 284 g/mol. The highest BCUT2D eigenvalue weighted by Gasteiger charge is 2.28. The molecule has 0 aromatic heterocycles. The molecule has 0 heterocycles. The van der Waals surface area contributed by atoms with Crippen LogP contribution in [0.3, 0.4) is 0 Å². The molecule has 0 fully saturated rings. The van der Waals surface area contributed by atoms with Crippen molar-refractivity contribution in [2.45, 2.75) is 4.33 Å². The van der Waals surface area contributed by atoms with Gasteiger partial charge in [-0.05, 0) is 35.4 Å².